The molecule has 0 saturated carbocycles. The van der Waals surface area contributed by atoms with Crippen LogP contribution < -0.4 is 5.32 Å². The molecule has 1 aromatic carbocycles. The van der Waals surface area contributed by atoms with Gasteiger partial charge < -0.3 is 5.32 Å². The number of halogens is 2. The number of aromatic nitrogens is 1. The van der Waals surface area contributed by atoms with E-state index >= 15 is 0 Å². The van der Waals surface area contributed by atoms with E-state index in [0.29, 0.717) is 10.7 Å². The van der Waals surface area contributed by atoms with E-state index in [1.165, 1.54) is 30.5 Å². The van der Waals surface area contributed by atoms with Gasteiger partial charge in [0.15, 0.2) is 0 Å². The van der Waals surface area contributed by atoms with E-state index in [4.69, 9.17) is 16.9 Å². The Labute approximate surface area is 113 Å². The number of hydrogen-bond donors (Lipinski definition) is 1. The molecule has 4 nitrogen and oxygen atoms in total. The molecule has 0 aliphatic carbocycles. The molecule has 0 aliphatic heterocycles. The third kappa shape index (κ3) is 3.06. The minimum Gasteiger partial charge on any atom is -0.321 e. The largest absolute Gasteiger partial charge is 0.321 e. The Morgan fingerprint density at radius 3 is 2.79 bits per heavy atom. The van der Waals surface area contributed by atoms with Crippen molar-refractivity contribution in [1.82, 2.24) is 4.98 Å². The number of amides is 1. The van der Waals surface area contributed by atoms with Crippen LogP contribution in [0.3, 0.4) is 0 Å². The smallest absolute Gasteiger partial charge is 0.274 e. The van der Waals surface area contributed by atoms with Crippen LogP contribution >= 0.6 is 11.6 Å². The fourth-order valence-corrected chi connectivity index (χ4v) is 1.51. The van der Waals surface area contributed by atoms with Crippen molar-refractivity contribution >= 4 is 23.2 Å². The summed E-state index contributed by atoms with van der Waals surface area (Å²) in [6.07, 6.45) is 1.35. The zero-order chi connectivity index (χ0) is 13.8. The predicted octanol–water partition coefficient (Wildman–Crippen LogP) is 3.00. The number of nitriles is 1. The van der Waals surface area contributed by atoms with E-state index in [0.717, 1.165) is 6.07 Å². The van der Waals surface area contributed by atoms with Crippen LogP contribution in [0.2, 0.25) is 5.02 Å². The summed E-state index contributed by atoms with van der Waals surface area (Å²) < 4.78 is 13.1. The first-order valence-electron chi connectivity index (χ1n) is 5.22. The topological polar surface area (TPSA) is 65.8 Å². The normalized spacial score (nSPS) is 9.74. The number of nitrogens with one attached hydrogen (secondary N) is 1. The highest BCUT2D eigenvalue weighted by atomic mass is 35.5. The third-order valence-electron chi connectivity index (χ3n) is 2.30. The molecule has 0 unspecified atom stereocenters. The fourth-order valence-electron chi connectivity index (χ4n) is 1.39. The van der Waals surface area contributed by atoms with Gasteiger partial charge >= 0.3 is 0 Å². The molecule has 0 saturated heterocycles. The lowest BCUT2D eigenvalue weighted by Crippen LogP contribution is -2.13. The Balaban J connectivity index is 2.20. The zero-order valence-electron chi connectivity index (χ0n) is 9.52. The van der Waals surface area contributed by atoms with Crippen LogP contribution in [0.1, 0.15) is 16.1 Å². The van der Waals surface area contributed by atoms with E-state index < -0.39 is 11.7 Å². The zero-order valence-corrected chi connectivity index (χ0v) is 10.3. The van der Waals surface area contributed by atoms with Gasteiger partial charge in [0.1, 0.15) is 17.6 Å². The van der Waals surface area contributed by atoms with Crippen molar-refractivity contribution in [2.45, 2.75) is 0 Å². The minimum atomic E-state index is -0.634. The molecule has 1 N–H and O–H groups in total. The van der Waals surface area contributed by atoms with Gasteiger partial charge in [0.05, 0.1) is 10.6 Å². The summed E-state index contributed by atoms with van der Waals surface area (Å²) in [4.78, 5) is 15.7. The standard InChI is InChI=1S/C13H7ClFN3O/c14-9-1-4-12(17-7-9)13(19)18-10-2-3-11(15)8(5-10)6-16/h1-5,7H,(H,18,19). The number of carbonyl (C=O) groups excluding carboxylic acids is 1. The van der Waals surface area contributed by atoms with E-state index in [2.05, 4.69) is 10.3 Å². The van der Waals surface area contributed by atoms with Crippen LogP contribution in [-0.2, 0) is 0 Å². The third-order valence-corrected chi connectivity index (χ3v) is 2.53. The molecule has 6 heteroatoms. The molecule has 2 rings (SSSR count). The first kappa shape index (κ1) is 13.0. The number of carbonyl (C=O) groups is 1. The summed E-state index contributed by atoms with van der Waals surface area (Å²) in [5, 5.41) is 11.6. The minimum absolute atomic E-state index is 0.137. The van der Waals surface area contributed by atoms with Gasteiger partial charge in [0, 0.05) is 11.9 Å². The lowest BCUT2D eigenvalue weighted by molar-refractivity contribution is 0.102. The molecule has 1 heterocycles. The second-order valence-electron chi connectivity index (χ2n) is 3.62. The van der Waals surface area contributed by atoms with E-state index in [1.54, 1.807) is 6.07 Å². The van der Waals surface area contributed by atoms with Crippen molar-refractivity contribution in [2.24, 2.45) is 0 Å². The Morgan fingerprint density at radius 2 is 2.16 bits per heavy atom. The van der Waals surface area contributed by atoms with Crippen LogP contribution in [0.25, 0.3) is 0 Å². The maximum Gasteiger partial charge on any atom is 0.274 e. The van der Waals surface area contributed by atoms with Crippen molar-refractivity contribution in [2.75, 3.05) is 5.32 Å². The van der Waals surface area contributed by atoms with E-state index in [-0.39, 0.29) is 11.3 Å². The van der Waals surface area contributed by atoms with Crippen LogP contribution in [0.5, 0.6) is 0 Å². The maximum absolute atomic E-state index is 13.1. The summed E-state index contributed by atoms with van der Waals surface area (Å²) in [5.74, 6) is -1.10. The summed E-state index contributed by atoms with van der Waals surface area (Å²) in [7, 11) is 0. The first-order chi connectivity index (χ1) is 9.10. The molecule has 0 atom stereocenters. The molecule has 94 valence electrons. The highest BCUT2D eigenvalue weighted by molar-refractivity contribution is 6.30. The van der Waals surface area contributed by atoms with Crippen LogP contribution in [0.15, 0.2) is 36.5 Å². The number of hydrogen-bond acceptors (Lipinski definition) is 3. The average Bonchev–Trinajstić information content (AvgIpc) is 2.41. The van der Waals surface area contributed by atoms with Gasteiger partial charge in [0.2, 0.25) is 0 Å². The Kier molecular flexibility index (Phi) is 3.74. The summed E-state index contributed by atoms with van der Waals surface area (Å²) in [5.41, 5.74) is 0.355. The molecule has 0 spiro atoms. The number of nitrogens with zero attached hydrogens (tertiary/aromatic N) is 2. The molecule has 0 bridgehead atoms. The van der Waals surface area contributed by atoms with Crippen molar-refractivity contribution in [3.05, 3.63) is 58.6 Å². The van der Waals surface area contributed by atoms with Gasteiger partial charge in [-0.05, 0) is 30.3 Å². The Morgan fingerprint density at radius 1 is 1.37 bits per heavy atom. The fraction of sp³-hybridized carbons (Fsp3) is 0. The molecule has 2 aromatic rings. The van der Waals surface area contributed by atoms with Crippen molar-refractivity contribution < 1.29 is 9.18 Å². The average molecular weight is 276 g/mol. The predicted molar refractivity (Wildman–Crippen MR) is 68.3 cm³/mol. The van der Waals surface area contributed by atoms with Crippen molar-refractivity contribution in [3.8, 4) is 6.07 Å². The quantitative estimate of drug-likeness (QED) is 0.916. The van der Waals surface area contributed by atoms with Crippen molar-refractivity contribution in [3.63, 3.8) is 0 Å². The number of rotatable bonds is 2. The van der Waals surface area contributed by atoms with Crippen molar-refractivity contribution in [1.29, 1.82) is 5.26 Å². The molecular formula is C13H7ClFN3O. The van der Waals surface area contributed by atoms with Crippen LogP contribution in [0, 0.1) is 17.1 Å². The van der Waals surface area contributed by atoms with Gasteiger partial charge in [-0.15, -0.1) is 0 Å². The van der Waals surface area contributed by atoms with Crippen LogP contribution in [0.4, 0.5) is 10.1 Å². The number of anilines is 1. The summed E-state index contributed by atoms with van der Waals surface area (Å²) in [6, 6.07) is 8.43. The monoisotopic (exact) mass is 275 g/mol. The van der Waals surface area contributed by atoms with E-state index in [9.17, 15) is 9.18 Å². The molecular weight excluding hydrogens is 269 g/mol. The Hall–Kier alpha value is -2.45. The number of benzene rings is 1. The van der Waals surface area contributed by atoms with Gasteiger partial charge in [-0.3, -0.25) is 4.79 Å². The van der Waals surface area contributed by atoms with Gasteiger partial charge in [-0.25, -0.2) is 9.37 Å². The molecule has 19 heavy (non-hydrogen) atoms. The molecule has 0 aliphatic rings. The maximum atomic E-state index is 13.1. The molecule has 1 aromatic heterocycles. The lowest BCUT2D eigenvalue weighted by atomic mass is 10.2. The van der Waals surface area contributed by atoms with Gasteiger partial charge in [-0.2, -0.15) is 5.26 Å². The lowest BCUT2D eigenvalue weighted by Gasteiger charge is -2.05. The number of pyridine rings is 1. The Bertz CT molecular complexity index is 665. The highest BCUT2D eigenvalue weighted by Crippen LogP contribution is 2.15. The molecule has 1 amide bonds. The molecule has 0 radical (unpaired) electrons. The van der Waals surface area contributed by atoms with E-state index in [1.807, 2.05) is 0 Å². The molecule has 0 fully saturated rings. The summed E-state index contributed by atoms with van der Waals surface area (Å²) >= 11 is 5.66. The first-order valence-corrected chi connectivity index (χ1v) is 5.60. The second-order valence-corrected chi connectivity index (χ2v) is 4.06. The highest BCUT2D eigenvalue weighted by Gasteiger charge is 2.09. The second kappa shape index (κ2) is 5.46. The van der Waals surface area contributed by atoms with Crippen LogP contribution in [-0.4, -0.2) is 10.9 Å². The van der Waals surface area contributed by atoms with Gasteiger partial charge in [0.25, 0.3) is 5.91 Å². The SMILES string of the molecule is N#Cc1cc(NC(=O)c2ccc(Cl)cn2)ccc1F. The summed E-state index contributed by atoms with van der Waals surface area (Å²) in [6.45, 7) is 0. The van der Waals surface area contributed by atoms with Gasteiger partial charge in [-0.1, -0.05) is 11.6 Å².